The Kier molecular flexibility index (Phi) is 4.42. The van der Waals surface area contributed by atoms with Crippen molar-refractivity contribution >= 4 is 11.5 Å². The van der Waals surface area contributed by atoms with Crippen molar-refractivity contribution in [1.29, 1.82) is 0 Å². The summed E-state index contributed by atoms with van der Waals surface area (Å²) in [6.45, 7) is 7.82. The molecule has 18 heavy (non-hydrogen) atoms. The number of rotatable bonds is 4. The van der Waals surface area contributed by atoms with Crippen molar-refractivity contribution < 1.29 is 0 Å². The third kappa shape index (κ3) is 3.35. The van der Waals surface area contributed by atoms with Crippen molar-refractivity contribution in [2.45, 2.75) is 39.2 Å². The summed E-state index contributed by atoms with van der Waals surface area (Å²) in [6.07, 6.45) is 5.46. The molecule has 0 aliphatic carbocycles. The van der Waals surface area contributed by atoms with Crippen LogP contribution < -0.4 is 11.1 Å². The van der Waals surface area contributed by atoms with Gasteiger partial charge in [-0.1, -0.05) is 6.92 Å². The summed E-state index contributed by atoms with van der Waals surface area (Å²) in [5.74, 6) is 0.909. The Labute approximate surface area is 110 Å². The maximum atomic E-state index is 5.90. The molecule has 0 saturated carbocycles. The lowest BCUT2D eigenvalue weighted by atomic mass is 10.0. The SMILES string of the molecule is CCCN1CCC(Nc2cc(N)c(C)cn2)CC1. The summed E-state index contributed by atoms with van der Waals surface area (Å²) in [6, 6.07) is 2.47. The van der Waals surface area contributed by atoms with Gasteiger partial charge in [-0.15, -0.1) is 0 Å². The van der Waals surface area contributed by atoms with Gasteiger partial charge < -0.3 is 16.0 Å². The second-order valence-corrected chi connectivity index (χ2v) is 5.19. The lowest BCUT2D eigenvalue weighted by Gasteiger charge is -2.32. The van der Waals surface area contributed by atoms with Gasteiger partial charge in [0.25, 0.3) is 0 Å². The first kappa shape index (κ1) is 13.1. The van der Waals surface area contributed by atoms with Gasteiger partial charge in [-0.05, 0) is 38.3 Å². The Morgan fingerprint density at radius 2 is 2.17 bits per heavy atom. The number of aromatic nitrogens is 1. The average Bonchev–Trinajstić information content (AvgIpc) is 2.37. The Morgan fingerprint density at radius 3 is 2.78 bits per heavy atom. The van der Waals surface area contributed by atoms with Crippen molar-refractivity contribution in [3.8, 4) is 0 Å². The summed E-state index contributed by atoms with van der Waals surface area (Å²) in [5, 5.41) is 3.49. The molecule has 0 bridgehead atoms. The topological polar surface area (TPSA) is 54.2 Å². The number of aryl methyl sites for hydroxylation is 1. The van der Waals surface area contributed by atoms with Crippen LogP contribution >= 0.6 is 0 Å². The van der Waals surface area contributed by atoms with E-state index >= 15 is 0 Å². The molecule has 4 heteroatoms. The number of hydrogen-bond acceptors (Lipinski definition) is 4. The van der Waals surface area contributed by atoms with E-state index in [1.807, 2.05) is 19.2 Å². The van der Waals surface area contributed by atoms with E-state index < -0.39 is 0 Å². The van der Waals surface area contributed by atoms with E-state index in [2.05, 4.69) is 22.1 Å². The van der Waals surface area contributed by atoms with E-state index in [9.17, 15) is 0 Å². The molecule has 2 heterocycles. The molecule has 0 unspecified atom stereocenters. The summed E-state index contributed by atoms with van der Waals surface area (Å²) in [4.78, 5) is 6.92. The summed E-state index contributed by atoms with van der Waals surface area (Å²) < 4.78 is 0. The smallest absolute Gasteiger partial charge is 0.128 e. The number of hydrogen-bond donors (Lipinski definition) is 2. The van der Waals surface area contributed by atoms with Gasteiger partial charge in [0, 0.05) is 37.1 Å². The van der Waals surface area contributed by atoms with Gasteiger partial charge in [-0.25, -0.2) is 4.98 Å². The van der Waals surface area contributed by atoms with Crippen LogP contribution in [0.1, 0.15) is 31.7 Å². The van der Waals surface area contributed by atoms with Crippen LogP contribution in [0.4, 0.5) is 11.5 Å². The predicted octanol–water partition coefficient (Wildman–Crippen LogP) is 2.26. The van der Waals surface area contributed by atoms with Crippen LogP contribution in [0.25, 0.3) is 0 Å². The van der Waals surface area contributed by atoms with Crippen LogP contribution in [0.5, 0.6) is 0 Å². The third-order valence-electron chi connectivity index (χ3n) is 3.62. The first-order valence-electron chi connectivity index (χ1n) is 6.90. The van der Waals surface area contributed by atoms with Crippen LogP contribution in [0.15, 0.2) is 12.3 Å². The lowest BCUT2D eigenvalue weighted by Crippen LogP contribution is -2.39. The van der Waals surface area contributed by atoms with E-state index in [1.54, 1.807) is 0 Å². The standard InChI is InChI=1S/C14H24N4/c1-3-6-18-7-4-12(5-8-18)17-14-9-13(15)11(2)10-16-14/h9-10,12H,3-8H2,1-2H3,(H3,15,16,17). The molecule has 2 rings (SSSR count). The van der Waals surface area contributed by atoms with E-state index in [0.717, 1.165) is 17.1 Å². The maximum Gasteiger partial charge on any atom is 0.128 e. The molecule has 1 aliphatic heterocycles. The second kappa shape index (κ2) is 6.05. The van der Waals surface area contributed by atoms with Crippen LogP contribution in [-0.4, -0.2) is 35.6 Å². The summed E-state index contributed by atoms with van der Waals surface area (Å²) in [7, 11) is 0. The highest BCUT2D eigenvalue weighted by molar-refractivity contribution is 5.53. The van der Waals surface area contributed by atoms with E-state index in [1.165, 1.54) is 38.9 Å². The molecule has 0 radical (unpaired) electrons. The fourth-order valence-corrected chi connectivity index (χ4v) is 2.44. The Hall–Kier alpha value is -1.29. The van der Waals surface area contributed by atoms with Gasteiger partial charge >= 0.3 is 0 Å². The average molecular weight is 248 g/mol. The molecule has 0 amide bonds. The van der Waals surface area contributed by atoms with Crippen LogP contribution in [0, 0.1) is 6.92 Å². The number of nitrogens with zero attached hydrogens (tertiary/aromatic N) is 2. The molecule has 1 aromatic heterocycles. The zero-order chi connectivity index (χ0) is 13.0. The number of pyridine rings is 1. The van der Waals surface area contributed by atoms with Crippen LogP contribution in [0.3, 0.4) is 0 Å². The van der Waals surface area contributed by atoms with E-state index in [-0.39, 0.29) is 0 Å². The molecule has 3 N–H and O–H groups in total. The normalized spacial score (nSPS) is 17.9. The number of nitrogen functional groups attached to an aromatic ring is 1. The van der Waals surface area contributed by atoms with Crippen LogP contribution in [-0.2, 0) is 0 Å². The molecule has 4 nitrogen and oxygen atoms in total. The number of piperidine rings is 1. The van der Waals surface area contributed by atoms with Gasteiger partial charge in [-0.2, -0.15) is 0 Å². The molecule has 0 aromatic carbocycles. The second-order valence-electron chi connectivity index (χ2n) is 5.19. The molecular weight excluding hydrogens is 224 g/mol. The van der Waals surface area contributed by atoms with Crippen molar-refractivity contribution in [3.63, 3.8) is 0 Å². The van der Waals surface area contributed by atoms with Gasteiger partial charge in [0.1, 0.15) is 5.82 Å². The predicted molar refractivity (Wildman–Crippen MR) is 76.8 cm³/mol. The van der Waals surface area contributed by atoms with E-state index in [0.29, 0.717) is 6.04 Å². The molecular formula is C14H24N4. The van der Waals surface area contributed by atoms with Crippen LogP contribution in [0.2, 0.25) is 0 Å². The zero-order valence-corrected chi connectivity index (χ0v) is 11.4. The van der Waals surface area contributed by atoms with Crippen molar-refractivity contribution in [3.05, 3.63) is 17.8 Å². The third-order valence-corrected chi connectivity index (χ3v) is 3.62. The first-order valence-corrected chi connectivity index (χ1v) is 6.90. The molecule has 1 fully saturated rings. The van der Waals surface area contributed by atoms with Gasteiger partial charge in [0.15, 0.2) is 0 Å². The highest BCUT2D eigenvalue weighted by Gasteiger charge is 2.18. The number of anilines is 2. The first-order chi connectivity index (χ1) is 8.69. The highest BCUT2D eigenvalue weighted by Crippen LogP contribution is 2.18. The lowest BCUT2D eigenvalue weighted by molar-refractivity contribution is 0.219. The maximum absolute atomic E-state index is 5.90. The van der Waals surface area contributed by atoms with E-state index in [4.69, 9.17) is 5.73 Å². The Bertz CT molecular complexity index is 383. The number of nitrogens with two attached hydrogens (primary N) is 1. The fourth-order valence-electron chi connectivity index (χ4n) is 2.44. The monoisotopic (exact) mass is 248 g/mol. The number of nitrogens with one attached hydrogen (secondary N) is 1. The number of likely N-dealkylation sites (tertiary alicyclic amines) is 1. The molecule has 0 spiro atoms. The minimum Gasteiger partial charge on any atom is -0.398 e. The quantitative estimate of drug-likeness (QED) is 0.858. The van der Waals surface area contributed by atoms with Crippen molar-refractivity contribution in [2.24, 2.45) is 0 Å². The molecule has 1 saturated heterocycles. The molecule has 1 aromatic rings. The minimum atomic E-state index is 0.535. The fraction of sp³-hybridized carbons (Fsp3) is 0.643. The Morgan fingerprint density at radius 1 is 1.44 bits per heavy atom. The largest absolute Gasteiger partial charge is 0.398 e. The van der Waals surface area contributed by atoms with Crippen molar-refractivity contribution in [2.75, 3.05) is 30.7 Å². The highest BCUT2D eigenvalue weighted by atomic mass is 15.1. The summed E-state index contributed by atoms with van der Waals surface area (Å²) >= 11 is 0. The zero-order valence-electron chi connectivity index (χ0n) is 11.4. The van der Waals surface area contributed by atoms with Gasteiger partial charge in [-0.3, -0.25) is 0 Å². The van der Waals surface area contributed by atoms with Crippen molar-refractivity contribution in [1.82, 2.24) is 9.88 Å². The minimum absolute atomic E-state index is 0.535. The van der Waals surface area contributed by atoms with Gasteiger partial charge in [0.05, 0.1) is 0 Å². The molecule has 0 atom stereocenters. The summed E-state index contributed by atoms with van der Waals surface area (Å²) in [5.41, 5.74) is 7.75. The molecule has 100 valence electrons. The Balaban J connectivity index is 1.85. The van der Waals surface area contributed by atoms with Gasteiger partial charge in [0.2, 0.25) is 0 Å². The molecule has 1 aliphatic rings.